The minimum atomic E-state index is -0.211. The van der Waals surface area contributed by atoms with Gasteiger partial charge in [0, 0.05) is 38.3 Å². The van der Waals surface area contributed by atoms with Crippen LogP contribution >= 0.6 is 0 Å². The van der Waals surface area contributed by atoms with Crippen LogP contribution in [0.2, 0.25) is 0 Å². The van der Waals surface area contributed by atoms with E-state index in [9.17, 15) is 0 Å². The van der Waals surface area contributed by atoms with Gasteiger partial charge in [0.15, 0.2) is 0 Å². The molecule has 3 aliphatic rings. The molecule has 62 heavy (non-hydrogen) atoms. The van der Waals surface area contributed by atoms with Crippen molar-refractivity contribution < 1.29 is 13.6 Å². The fourth-order valence-electron chi connectivity index (χ4n) is 10.3. The summed E-state index contributed by atoms with van der Waals surface area (Å²) in [7, 11) is 0. The monoisotopic (exact) mass is 802 g/mol. The molecule has 0 bridgehead atoms. The quantitative estimate of drug-likeness (QED) is 0.163. The lowest BCUT2D eigenvalue weighted by atomic mass is 9.44. The maximum absolute atomic E-state index is 7.24. The number of rotatable bonds is 2. The number of anilines is 5. The Labute approximate surface area is 360 Å². The van der Waals surface area contributed by atoms with E-state index in [0.717, 1.165) is 100 Å². The Kier molecular flexibility index (Phi) is 7.02. The molecule has 0 aliphatic carbocycles. The number of fused-ring (bicyclic) bond motifs is 12. The third kappa shape index (κ3) is 4.98. The lowest BCUT2D eigenvalue weighted by Gasteiger charge is -2.49. The Morgan fingerprint density at radius 1 is 0.452 bits per heavy atom. The second-order valence-corrected chi connectivity index (χ2v) is 19.4. The summed E-state index contributed by atoms with van der Waals surface area (Å²) in [6.07, 6.45) is 0. The zero-order valence-electron chi connectivity index (χ0n) is 35.6. The highest BCUT2D eigenvalue weighted by atomic mass is 16.5. The molecule has 0 saturated heterocycles. The van der Waals surface area contributed by atoms with E-state index in [0.29, 0.717) is 0 Å². The van der Waals surface area contributed by atoms with Gasteiger partial charge in [-0.05, 0) is 129 Å². The van der Waals surface area contributed by atoms with Crippen molar-refractivity contribution >= 4 is 90.1 Å². The summed E-state index contributed by atoms with van der Waals surface area (Å²) in [5.41, 5.74) is 18.4. The maximum Gasteiger partial charge on any atom is 0.336 e. The molecule has 0 spiro atoms. The lowest BCUT2D eigenvalue weighted by Crippen LogP contribution is -2.60. The highest BCUT2D eigenvalue weighted by Gasteiger charge is 2.49. The number of furan rings is 2. The van der Waals surface area contributed by atoms with Crippen molar-refractivity contribution in [2.24, 2.45) is 0 Å². The molecular weight excluding hydrogens is 759 g/mol. The van der Waals surface area contributed by atoms with Gasteiger partial charge in [-0.3, -0.25) is 0 Å². The molecule has 6 heteroatoms. The fraction of sp³-hybridized carbons (Fsp3) is 0.143. The molecular formula is C56H43BN2O3. The SMILES string of the molecule is CC(C)(C)c1ccc2c(c1)N(c1ccccc1)c1cc(C(C)(C)C)cc3c1N2B1c2cc4oc5ccccc5c4cc2Oc2cc(-c4ccc5c(c4)oc4ccccc45)cc-3c21. The smallest absolute Gasteiger partial charge is 0.336 e. The number of ether oxygens (including phenoxy) is 1. The van der Waals surface area contributed by atoms with Gasteiger partial charge in [-0.25, -0.2) is 0 Å². The molecule has 2 aromatic heterocycles. The maximum atomic E-state index is 7.24. The molecule has 0 radical (unpaired) electrons. The molecule has 0 saturated carbocycles. The molecule has 3 aliphatic heterocycles. The predicted octanol–water partition coefficient (Wildman–Crippen LogP) is 14.6. The van der Waals surface area contributed by atoms with Crippen molar-refractivity contribution in [1.29, 1.82) is 0 Å². The van der Waals surface area contributed by atoms with Gasteiger partial charge in [-0.2, -0.15) is 0 Å². The Bertz CT molecular complexity index is 3550. The van der Waals surface area contributed by atoms with Crippen LogP contribution in [-0.4, -0.2) is 6.85 Å². The number of para-hydroxylation sites is 3. The van der Waals surface area contributed by atoms with Crippen LogP contribution in [-0.2, 0) is 10.8 Å². The summed E-state index contributed by atoms with van der Waals surface area (Å²) < 4.78 is 20.3. The van der Waals surface area contributed by atoms with E-state index < -0.39 is 0 Å². The summed E-state index contributed by atoms with van der Waals surface area (Å²) >= 11 is 0. The van der Waals surface area contributed by atoms with Crippen LogP contribution in [0.3, 0.4) is 0 Å². The molecule has 298 valence electrons. The Morgan fingerprint density at radius 2 is 1.11 bits per heavy atom. The number of hydrogen-bond acceptors (Lipinski definition) is 5. The fourth-order valence-corrected chi connectivity index (χ4v) is 10.3. The van der Waals surface area contributed by atoms with E-state index in [-0.39, 0.29) is 17.7 Å². The minimum Gasteiger partial charge on any atom is -0.458 e. The summed E-state index contributed by atoms with van der Waals surface area (Å²) in [6.45, 7) is 13.6. The summed E-state index contributed by atoms with van der Waals surface area (Å²) in [4.78, 5) is 5.11. The average Bonchev–Trinajstić information content (AvgIpc) is 3.83. The standard InChI is InChI=1S/C56H43BN2O3/c1-55(2,3)34-21-23-44-45(28-34)58(36-14-8-7-9-15-36)46-29-35(56(4,5)6)27-42-41-24-33(32-20-22-39-37-16-10-12-18-47(37)60-49(39)25-32)26-52-53(41)57(59(44)54(42)46)43-31-50-40(30-51(43)62-52)38-17-11-13-19-48(38)61-50/h7-31H,1-6H3. The van der Waals surface area contributed by atoms with Crippen molar-refractivity contribution in [3.63, 3.8) is 0 Å². The van der Waals surface area contributed by atoms with Crippen molar-refractivity contribution in [2.45, 2.75) is 52.4 Å². The van der Waals surface area contributed by atoms with Gasteiger partial charge >= 0.3 is 6.85 Å². The van der Waals surface area contributed by atoms with Gasteiger partial charge in [0.2, 0.25) is 0 Å². The van der Waals surface area contributed by atoms with E-state index in [2.05, 4.69) is 185 Å². The largest absolute Gasteiger partial charge is 0.458 e. The third-order valence-electron chi connectivity index (χ3n) is 13.5. The van der Waals surface area contributed by atoms with Gasteiger partial charge in [0.1, 0.15) is 33.8 Å². The van der Waals surface area contributed by atoms with E-state index in [1.807, 2.05) is 18.2 Å². The Hall–Kier alpha value is -7.18. The molecule has 0 atom stereocenters. The van der Waals surface area contributed by atoms with E-state index in [4.69, 9.17) is 13.6 Å². The molecule has 0 amide bonds. The molecule has 0 N–H and O–H groups in total. The molecule has 0 unspecified atom stereocenters. The van der Waals surface area contributed by atoms with Crippen molar-refractivity contribution in [1.82, 2.24) is 0 Å². The first-order valence-electron chi connectivity index (χ1n) is 21.7. The predicted molar refractivity (Wildman–Crippen MR) is 258 cm³/mol. The van der Waals surface area contributed by atoms with Crippen molar-refractivity contribution in [3.8, 4) is 33.8 Å². The zero-order chi connectivity index (χ0) is 41.8. The molecule has 5 nitrogen and oxygen atoms in total. The molecule has 5 heterocycles. The highest BCUT2D eigenvalue weighted by Crippen LogP contribution is 2.59. The Balaban J connectivity index is 1.15. The summed E-state index contributed by atoms with van der Waals surface area (Å²) in [6, 6.07) is 55.1. The number of hydrogen-bond donors (Lipinski definition) is 0. The molecule has 0 fully saturated rings. The first-order valence-corrected chi connectivity index (χ1v) is 21.7. The zero-order valence-corrected chi connectivity index (χ0v) is 35.6. The van der Waals surface area contributed by atoms with Crippen LogP contribution in [0.5, 0.6) is 11.5 Å². The van der Waals surface area contributed by atoms with Crippen LogP contribution < -0.4 is 25.4 Å². The highest BCUT2D eigenvalue weighted by molar-refractivity contribution is 6.93. The van der Waals surface area contributed by atoms with Crippen molar-refractivity contribution in [3.05, 3.63) is 163 Å². The second-order valence-electron chi connectivity index (χ2n) is 19.4. The molecule has 10 aromatic rings. The summed E-state index contributed by atoms with van der Waals surface area (Å²) in [5, 5.41) is 4.36. The second kappa shape index (κ2) is 12.2. The Morgan fingerprint density at radius 3 is 1.85 bits per heavy atom. The topological polar surface area (TPSA) is 42.0 Å². The van der Waals surface area contributed by atoms with E-state index in [1.165, 1.54) is 27.9 Å². The third-order valence-corrected chi connectivity index (χ3v) is 13.5. The molecule has 8 aromatic carbocycles. The van der Waals surface area contributed by atoms with E-state index >= 15 is 0 Å². The number of benzene rings is 8. The van der Waals surface area contributed by atoms with E-state index in [1.54, 1.807) is 0 Å². The van der Waals surface area contributed by atoms with Crippen LogP contribution in [0.4, 0.5) is 28.4 Å². The lowest BCUT2D eigenvalue weighted by molar-refractivity contribution is 0.488. The average molecular weight is 803 g/mol. The first kappa shape index (κ1) is 35.6. The molecule has 13 rings (SSSR count). The van der Waals surface area contributed by atoms with Crippen molar-refractivity contribution in [2.75, 3.05) is 9.71 Å². The van der Waals surface area contributed by atoms with Gasteiger partial charge in [0.25, 0.3) is 0 Å². The van der Waals surface area contributed by atoms with Gasteiger partial charge in [0.05, 0.1) is 22.7 Å². The number of nitrogens with zero attached hydrogens (tertiary/aromatic N) is 2. The van der Waals surface area contributed by atoms with Gasteiger partial charge in [-0.1, -0.05) is 108 Å². The van der Waals surface area contributed by atoms with Crippen LogP contribution in [0, 0.1) is 0 Å². The van der Waals surface area contributed by atoms with Crippen LogP contribution in [0.1, 0.15) is 52.7 Å². The first-order chi connectivity index (χ1) is 30.0. The normalized spacial score (nSPS) is 14.0. The van der Waals surface area contributed by atoms with Crippen LogP contribution in [0.15, 0.2) is 160 Å². The van der Waals surface area contributed by atoms with Crippen LogP contribution in [0.25, 0.3) is 66.1 Å². The van der Waals surface area contributed by atoms with Gasteiger partial charge < -0.3 is 23.3 Å². The minimum absolute atomic E-state index is 0.0578. The summed E-state index contributed by atoms with van der Waals surface area (Å²) in [5.74, 6) is 1.70. The van der Waals surface area contributed by atoms with Gasteiger partial charge in [-0.15, -0.1) is 0 Å².